The highest BCUT2D eigenvalue weighted by Gasteiger charge is 2.41. The highest BCUT2D eigenvalue weighted by Crippen LogP contribution is 2.38. The van der Waals surface area contributed by atoms with E-state index in [-0.39, 0.29) is 17.4 Å². The first kappa shape index (κ1) is 21.9. The molecule has 0 aliphatic carbocycles. The zero-order valence-electron chi connectivity index (χ0n) is 18.8. The summed E-state index contributed by atoms with van der Waals surface area (Å²) >= 11 is 0. The van der Waals surface area contributed by atoms with Gasteiger partial charge in [0, 0.05) is 12.6 Å². The molecule has 6 heteroatoms. The van der Waals surface area contributed by atoms with Gasteiger partial charge in [0.2, 0.25) is 0 Å². The van der Waals surface area contributed by atoms with Gasteiger partial charge in [-0.1, -0.05) is 91.0 Å². The Morgan fingerprint density at radius 3 is 1.61 bits per heavy atom. The fraction of sp³-hybridized carbons (Fsp3) is 0.280. The number of ether oxygens (including phenoxy) is 1. The van der Waals surface area contributed by atoms with Crippen molar-refractivity contribution in [3.05, 3.63) is 108 Å². The molecule has 0 unspecified atom stereocenters. The minimum absolute atomic E-state index is 0.136. The summed E-state index contributed by atoms with van der Waals surface area (Å²) in [4.78, 5) is 0. The van der Waals surface area contributed by atoms with Gasteiger partial charge in [0.1, 0.15) is 23.5 Å². The highest BCUT2D eigenvalue weighted by molar-refractivity contribution is 6.58. The van der Waals surface area contributed by atoms with Crippen molar-refractivity contribution in [3.8, 4) is 0 Å². The van der Waals surface area contributed by atoms with E-state index in [1.165, 1.54) is 16.7 Å². The summed E-state index contributed by atoms with van der Waals surface area (Å²) in [7, 11) is 6.43. The molecular formula is C25H31B3N2O. The number of hydrogen-bond donors (Lipinski definition) is 2. The van der Waals surface area contributed by atoms with Gasteiger partial charge < -0.3 is 10.1 Å². The van der Waals surface area contributed by atoms with Gasteiger partial charge >= 0.3 is 0 Å². The first-order valence-electron chi connectivity index (χ1n) is 11.3. The Kier molecular flexibility index (Phi) is 6.71. The summed E-state index contributed by atoms with van der Waals surface area (Å²) in [6, 6.07) is 32.5. The molecule has 3 aromatic rings. The standard InChI is InChI=1S/C25H31B3N2O/c26-25(27,28)31-23-16-17-29-18-22(23)30-24(19-10-4-1-5-11-19,20-12-6-2-7-13-20)21-14-8-3-9-15-21/h1-15,22-23,29-30H,16-18,26-28H2/t22-,23+/m0/s1. The SMILES string of the molecule is BC(B)(B)O[C@@H]1CCNC[C@@H]1NC(c1ccccc1)(c1ccccc1)c1ccccc1. The number of hydrogen-bond acceptors (Lipinski definition) is 3. The third-order valence-electron chi connectivity index (χ3n) is 5.95. The van der Waals surface area contributed by atoms with Crippen molar-refractivity contribution in [2.75, 3.05) is 13.1 Å². The molecule has 1 fully saturated rings. The van der Waals surface area contributed by atoms with Crippen LogP contribution in [0.5, 0.6) is 0 Å². The third-order valence-corrected chi connectivity index (χ3v) is 5.95. The van der Waals surface area contributed by atoms with Gasteiger partial charge in [0.15, 0.2) is 0 Å². The summed E-state index contributed by atoms with van der Waals surface area (Å²) in [5.74, 6) is 0. The Bertz CT molecular complexity index is 852. The Morgan fingerprint density at radius 1 is 0.742 bits per heavy atom. The van der Waals surface area contributed by atoms with Crippen molar-refractivity contribution < 1.29 is 4.74 Å². The first-order valence-corrected chi connectivity index (χ1v) is 11.3. The maximum absolute atomic E-state index is 6.54. The average molecular weight is 408 g/mol. The normalized spacial score (nSPS) is 19.7. The van der Waals surface area contributed by atoms with Crippen LogP contribution in [0.1, 0.15) is 23.1 Å². The molecule has 0 aromatic heterocycles. The van der Waals surface area contributed by atoms with E-state index >= 15 is 0 Å². The minimum atomic E-state index is -0.479. The molecule has 0 radical (unpaired) electrons. The van der Waals surface area contributed by atoms with Gasteiger partial charge in [-0.15, -0.1) is 0 Å². The van der Waals surface area contributed by atoms with Gasteiger partial charge in [0.25, 0.3) is 0 Å². The number of piperidine rings is 1. The lowest BCUT2D eigenvalue weighted by Gasteiger charge is -2.45. The van der Waals surface area contributed by atoms with Crippen LogP contribution in [0, 0.1) is 0 Å². The molecule has 156 valence electrons. The van der Waals surface area contributed by atoms with Crippen molar-refractivity contribution in [2.45, 2.75) is 29.4 Å². The van der Waals surface area contributed by atoms with Crippen LogP contribution >= 0.6 is 0 Å². The second-order valence-corrected chi connectivity index (χ2v) is 9.36. The molecule has 1 heterocycles. The van der Waals surface area contributed by atoms with Gasteiger partial charge in [-0.3, -0.25) is 5.32 Å². The summed E-state index contributed by atoms with van der Waals surface area (Å²) in [6.07, 6.45) is 1.13. The smallest absolute Gasteiger partial charge is 0.121 e. The Labute approximate surface area is 189 Å². The van der Waals surface area contributed by atoms with Crippen LogP contribution in [-0.2, 0) is 10.3 Å². The lowest BCUT2D eigenvalue weighted by Crippen LogP contribution is -2.61. The molecule has 1 aliphatic rings. The molecule has 4 rings (SSSR count). The monoisotopic (exact) mass is 408 g/mol. The number of nitrogens with one attached hydrogen (secondary N) is 2. The zero-order chi connectivity index (χ0) is 21.7. The molecule has 0 saturated carbocycles. The van der Waals surface area contributed by atoms with Crippen LogP contribution < -0.4 is 10.6 Å². The van der Waals surface area contributed by atoms with E-state index < -0.39 is 5.54 Å². The second-order valence-electron chi connectivity index (χ2n) is 9.36. The summed E-state index contributed by atoms with van der Waals surface area (Å²) in [5.41, 5.74) is 3.21. The van der Waals surface area contributed by atoms with Crippen molar-refractivity contribution in [2.24, 2.45) is 0 Å². The van der Waals surface area contributed by atoms with Gasteiger partial charge in [-0.25, -0.2) is 0 Å². The van der Waals surface area contributed by atoms with E-state index in [1.54, 1.807) is 0 Å². The van der Waals surface area contributed by atoms with Gasteiger partial charge in [0.05, 0.1) is 11.6 Å². The van der Waals surface area contributed by atoms with Crippen LogP contribution in [0.25, 0.3) is 0 Å². The lowest BCUT2D eigenvalue weighted by atomic mass is 9.52. The van der Waals surface area contributed by atoms with E-state index in [4.69, 9.17) is 4.74 Å². The summed E-state index contributed by atoms with van der Waals surface area (Å²) in [6.45, 7) is 1.85. The van der Waals surface area contributed by atoms with E-state index in [0.29, 0.717) is 0 Å². The molecule has 1 saturated heterocycles. The zero-order valence-corrected chi connectivity index (χ0v) is 18.8. The average Bonchev–Trinajstić information content (AvgIpc) is 2.79. The van der Waals surface area contributed by atoms with Crippen molar-refractivity contribution in [3.63, 3.8) is 0 Å². The van der Waals surface area contributed by atoms with E-state index in [1.807, 2.05) is 0 Å². The maximum Gasteiger partial charge on any atom is 0.121 e. The fourth-order valence-corrected chi connectivity index (χ4v) is 4.67. The topological polar surface area (TPSA) is 33.3 Å². The van der Waals surface area contributed by atoms with Crippen molar-refractivity contribution in [1.29, 1.82) is 0 Å². The predicted octanol–water partition coefficient (Wildman–Crippen LogP) is 0.826. The van der Waals surface area contributed by atoms with Gasteiger partial charge in [-0.05, 0) is 35.0 Å². The minimum Gasteiger partial charge on any atom is -0.396 e. The molecule has 31 heavy (non-hydrogen) atoms. The molecule has 0 bridgehead atoms. The quantitative estimate of drug-likeness (QED) is 0.449. The highest BCUT2D eigenvalue weighted by atomic mass is 16.5. The van der Waals surface area contributed by atoms with Crippen LogP contribution in [0.15, 0.2) is 91.0 Å². The Morgan fingerprint density at radius 2 is 1.19 bits per heavy atom. The molecule has 2 atom stereocenters. The molecule has 0 spiro atoms. The van der Waals surface area contributed by atoms with Crippen LogP contribution in [0.2, 0.25) is 0 Å². The molecule has 3 aromatic carbocycles. The Hall–Kier alpha value is -2.27. The molecular weight excluding hydrogens is 377 g/mol. The first-order chi connectivity index (χ1) is 15.0. The van der Waals surface area contributed by atoms with Gasteiger partial charge in [-0.2, -0.15) is 0 Å². The summed E-state index contributed by atoms with van der Waals surface area (Å²) in [5, 5.41) is 7.50. The van der Waals surface area contributed by atoms with E-state index in [0.717, 1.165) is 19.5 Å². The Balaban J connectivity index is 1.86. The molecule has 2 N–H and O–H groups in total. The fourth-order valence-electron chi connectivity index (χ4n) is 4.67. The lowest BCUT2D eigenvalue weighted by molar-refractivity contribution is -0.000647. The van der Waals surface area contributed by atoms with E-state index in [9.17, 15) is 0 Å². The van der Waals surface area contributed by atoms with Crippen LogP contribution in [0.4, 0.5) is 0 Å². The summed E-state index contributed by atoms with van der Waals surface area (Å²) < 4.78 is 6.54. The third kappa shape index (κ3) is 4.98. The molecule has 1 aliphatic heterocycles. The molecule has 3 nitrogen and oxygen atoms in total. The maximum atomic E-state index is 6.54. The number of rotatable bonds is 7. The molecule has 0 amide bonds. The number of benzene rings is 3. The second kappa shape index (κ2) is 9.48. The van der Waals surface area contributed by atoms with Crippen molar-refractivity contribution in [1.82, 2.24) is 10.6 Å². The van der Waals surface area contributed by atoms with Crippen molar-refractivity contribution >= 4 is 23.5 Å². The van der Waals surface area contributed by atoms with E-state index in [2.05, 4.69) is 125 Å². The van der Waals surface area contributed by atoms with Crippen LogP contribution in [0.3, 0.4) is 0 Å². The van der Waals surface area contributed by atoms with Crippen LogP contribution in [-0.4, -0.2) is 54.1 Å². The predicted molar refractivity (Wildman–Crippen MR) is 137 cm³/mol. The largest absolute Gasteiger partial charge is 0.396 e.